The second kappa shape index (κ2) is 8.30. The van der Waals surface area contributed by atoms with Crippen LogP contribution in [0.4, 0.5) is 5.69 Å². The summed E-state index contributed by atoms with van der Waals surface area (Å²) in [6.45, 7) is 3.12. The fourth-order valence-corrected chi connectivity index (χ4v) is 3.11. The summed E-state index contributed by atoms with van der Waals surface area (Å²) in [5.41, 5.74) is 9.78. The molecule has 1 aromatic rings. The quantitative estimate of drug-likeness (QED) is 0.842. The maximum atomic E-state index is 12.1. The topological polar surface area (TPSA) is 55.6 Å². The zero-order valence-electron chi connectivity index (χ0n) is 13.8. The Morgan fingerprint density at radius 2 is 2.27 bits per heavy atom. The molecule has 0 radical (unpaired) electrons. The molecule has 0 bridgehead atoms. The van der Waals surface area contributed by atoms with Gasteiger partial charge in [-0.1, -0.05) is 31.9 Å². The summed E-state index contributed by atoms with van der Waals surface area (Å²) < 4.78 is 4.98. The lowest BCUT2D eigenvalue weighted by atomic mass is 9.95. The molecule has 122 valence electrons. The molecule has 4 heteroatoms. The highest BCUT2D eigenvalue weighted by Crippen LogP contribution is 2.28. The Hall–Kier alpha value is -1.39. The maximum absolute atomic E-state index is 12.1. The van der Waals surface area contributed by atoms with E-state index in [9.17, 15) is 4.79 Å². The molecule has 1 amide bonds. The molecule has 4 nitrogen and oxygen atoms in total. The first kappa shape index (κ1) is 17.0. The number of benzene rings is 1. The molecule has 1 aliphatic rings. The lowest BCUT2D eigenvalue weighted by molar-refractivity contribution is -0.122. The van der Waals surface area contributed by atoms with Crippen LogP contribution in [0.5, 0.6) is 0 Å². The van der Waals surface area contributed by atoms with Crippen LogP contribution in [-0.2, 0) is 22.4 Å². The monoisotopic (exact) mass is 304 g/mol. The number of carbonyl (C=O) groups is 1. The van der Waals surface area contributed by atoms with Gasteiger partial charge in [0.25, 0.3) is 5.91 Å². The normalized spacial score (nSPS) is 15.5. The van der Waals surface area contributed by atoms with Gasteiger partial charge in [0, 0.05) is 25.4 Å². The minimum Gasteiger partial charge on any atom is -0.375 e. The Bertz CT molecular complexity index is 502. The Morgan fingerprint density at radius 3 is 3.00 bits per heavy atom. The summed E-state index contributed by atoms with van der Waals surface area (Å²) in [4.78, 5) is 14.0. The van der Waals surface area contributed by atoms with Gasteiger partial charge in [-0.05, 0) is 42.9 Å². The van der Waals surface area contributed by atoms with Crippen molar-refractivity contribution in [2.75, 3.05) is 25.2 Å². The molecule has 0 spiro atoms. The van der Waals surface area contributed by atoms with Crippen LogP contribution in [0.2, 0.25) is 0 Å². The van der Waals surface area contributed by atoms with Crippen LogP contribution in [0.1, 0.15) is 43.7 Å². The molecule has 1 heterocycles. The van der Waals surface area contributed by atoms with Gasteiger partial charge in [-0.3, -0.25) is 4.79 Å². The van der Waals surface area contributed by atoms with Gasteiger partial charge in [0.1, 0.15) is 6.61 Å². The minimum atomic E-state index is 0.0378. The predicted molar refractivity (Wildman–Crippen MR) is 90.2 cm³/mol. The number of unbranched alkanes of at least 4 members (excludes halogenated alkanes) is 1. The van der Waals surface area contributed by atoms with E-state index in [-0.39, 0.29) is 18.6 Å². The van der Waals surface area contributed by atoms with E-state index in [1.54, 1.807) is 7.11 Å². The number of nitrogens with zero attached hydrogens (tertiary/aromatic N) is 1. The molecular weight excluding hydrogens is 276 g/mol. The first-order valence-electron chi connectivity index (χ1n) is 8.32. The van der Waals surface area contributed by atoms with E-state index in [1.165, 1.54) is 24.0 Å². The molecule has 0 fully saturated rings. The maximum Gasteiger partial charge on any atom is 0.252 e. The van der Waals surface area contributed by atoms with Crippen molar-refractivity contribution in [2.45, 2.75) is 51.5 Å². The molecule has 0 saturated carbocycles. The van der Waals surface area contributed by atoms with E-state index in [0.717, 1.165) is 37.9 Å². The van der Waals surface area contributed by atoms with Crippen molar-refractivity contribution < 1.29 is 9.53 Å². The Morgan fingerprint density at radius 1 is 1.45 bits per heavy atom. The number of fused-ring (bicyclic) bond motifs is 1. The number of rotatable bonds is 7. The smallest absolute Gasteiger partial charge is 0.252 e. The molecule has 2 N–H and O–H groups in total. The van der Waals surface area contributed by atoms with Gasteiger partial charge in [0.15, 0.2) is 0 Å². The zero-order chi connectivity index (χ0) is 15.9. The van der Waals surface area contributed by atoms with E-state index in [1.807, 2.05) is 4.90 Å². The second-order valence-corrected chi connectivity index (χ2v) is 6.15. The van der Waals surface area contributed by atoms with Crippen LogP contribution in [0.3, 0.4) is 0 Å². The molecule has 2 rings (SSSR count). The van der Waals surface area contributed by atoms with Gasteiger partial charge in [-0.15, -0.1) is 0 Å². The number of anilines is 1. The summed E-state index contributed by atoms with van der Waals surface area (Å²) in [5, 5.41) is 0. The third kappa shape index (κ3) is 4.31. The number of methoxy groups -OCH3 is 1. The molecule has 1 atom stereocenters. The largest absolute Gasteiger partial charge is 0.375 e. The third-order valence-electron chi connectivity index (χ3n) is 4.26. The van der Waals surface area contributed by atoms with E-state index in [4.69, 9.17) is 10.5 Å². The first-order chi connectivity index (χ1) is 10.7. The van der Waals surface area contributed by atoms with Crippen LogP contribution < -0.4 is 10.6 Å². The van der Waals surface area contributed by atoms with Gasteiger partial charge < -0.3 is 15.4 Å². The average molecular weight is 304 g/mol. The van der Waals surface area contributed by atoms with E-state index in [2.05, 4.69) is 25.1 Å². The van der Waals surface area contributed by atoms with Crippen molar-refractivity contribution >= 4 is 11.6 Å². The van der Waals surface area contributed by atoms with Crippen molar-refractivity contribution in [3.63, 3.8) is 0 Å². The standard InChI is InChI=1S/C18H28N2O2/c1-3-4-7-16(19)12-14-8-9-17-15(11-14)6-5-10-20(17)18(21)13-22-2/h8-9,11,16H,3-7,10,12-13,19H2,1-2H3. The Kier molecular flexibility index (Phi) is 6.40. The average Bonchev–Trinajstić information content (AvgIpc) is 2.52. The summed E-state index contributed by atoms with van der Waals surface area (Å²) in [6, 6.07) is 6.65. The number of amides is 1. The summed E-state index contributed by atoms with van der Waals surface area (Å²) in [7, 11) is 1.56. The Labute approximate surface area is 133 Å². The van der Waals surface area contributed by atoms with Gasteiger partial charge in [-0.2, -0.15) is 0 Å². The van der Waals surface area contributed by atoms with E-state index >= 15 is 0 Å². The van der Waals surface area contributed by atoms with Gasteiger partial charge in [0.2, 0.25) is 0 Å². The van der Waals surface area contributed by atoms with Crippen molar-refractivity contribution in [3.05, 3.63) is 29.3 Å². The molecule has 0 saturated heterocycles. The van der Waals surface area contributed by atoms with E-state index < -0.39 is 0 Å². The van der Waals surface area contributed by atoms with Crippen molar-refractivity contribution in [1.82, 2.24) is 0 Å². The van der Waals surface area contributed by atoms with E-state index in [0.29, 0.717) is 0 Å². The molecule has 1 unspecified atom stereocenters. The lowest BCUT2D eigenvalue weighted by Crippen LogP contribution is -2.37. The third-order valence-corrected chi connectivity index (χ3v) is 4.26. The molecule has 1 aliphatic heterocycles. The van der Waals surface area contributed by atoms with Crippen molar-refractivity contribution in [3.8, 4) is 0 Å². The molecule has 1 aromatic carbocycles. The summed E-state index contributed by atoms with van der Waals surface area (Å²) >= 11 is 0. The summed E-state index contributed by atoms with van der Waals surface area (Å²) in [5.74, 6) is 0.0378. The molecule has 22 heavy (non-hydrogen) atoms. The fourth-order valence-electron chi connectivity index (χ4n) is 3.11. The van der Waals surface area contributed by atoms with Crippen LogP contribution in [0, 0.1) is 0 Å². The van der Waals surface area contributed by atoms with Crippen LogP contribution in [0.15, 0.2) is 18.2 Å². The zero-order valence-corrected chi connectivity index (χ0v) is 13.8. The minimum absolute atomic E-state index is 0.0378. The SMILES string of the molecule is CCCCC(N)Cc1ccc2c(c1)CCCN2C(=O)COC. The number of aryl methyl sites for hydroxylation is 1. The predicted octanol–water partition coefficient (Wildman–Crippen LogP) is 2.67. The number of nitrogens with two attached hydrogens (primary N) is 1. The van der Waals surface area contributed by atoms with Crippen molar-refractivity contribution in [1.29, 1.82) is 0 Å². The number of carbonyl (C=O) groups excluding carboxylic acids is 1. The van der Waals surface area contributed by atoms with Crippen LogP contribution in [0.25, 0.3) is 0 Å². The lowest BCUT2D eigenvalue weighted by Gasteiger charge is -2.30. The second-order valence-electron chi connectivity index (χ2n) is 6.15. The molecule has 0 aliphatic carbocycles. The highest BCUT2D eigenvalue weighted by atomic mass is 16.5. The number of hydrogen-bond donors (Lipinski definition) is 1. The fraction of sp³-hybridized carbons (Fsp3) is 0.611. The van der Waals surface area contributed by atoms with Gasteiger partial charge >= 0.3 is 0 Å². The van der Waals surface area contributed by atoms with Gasteiger partial charge in [0.05, 0.1) is 0 Å². The van der Waals surface area contributed by atoms with Gasteiger partial charge in [-0.25, -0.2) is 0 Å². The number of hydrogen-bond acceptors (Lipinski definition) is 3. The first-order valence-corrected chi connectivity index (χ1v) is 8.32. The number of ether oxygens (including phenoxy) is 1. The Balaban J connectivity index is 2.08. The molecule has 0 aromatic heterocycles. The molecular formula is C18H28N2O2. The highest BCUT2D eigenvalue weighted by molar-refractivity contribution is 5.95. The van der Waals surface area contributed by atoms with Crippen molar-refractivity contribution in [2.24, 2.45) is 5.73 Å². The van der Waals surface area contributed by atoms with Crippen LogP contribution >= 0.6 is 0 Å². The highest BCUT2D eigenvalue weighted by Gasteiger charge is 2.22. The summed E-state index contributed by atoms with van der Waals surface area (Å²) in [6.07, 6.45) is 6.41. The van der Waals surface area contributed by atoms with Crippen LogP contribution in [-0.4, -0.2) is 32.2 Å².